The van der Waals surface area contributed by atoms with Gasteiger partial charge in [-0.15, -0.1) is 0 Å². The van der Waals surface area contributed by atoms with E-state index in [2.05, 4.69) is 5.16 Å². The molecule has 9 nitrogen and oxygen atoms in total. The van der Waals surface area contributed by atoms with Crippen LogP contribution in [0.2, 0.25) is 0 Å². The molecule has 0 spiro atoms. The second-order valence-electron chi connectivity index (χ2n) is 7.50. The normalized spacial score (nSPS) is 19.3. The second kappa shape index (κ2) is 12.0. The van der Waals surface area contributed by atoms with Crippen LogP contribution >= 0.6 is 0 Å². The van der Waals surface area contributed by atoms with Crippen LogP contribution in [0.15, 0.2) is 35.5 Å². The van der Waals surface area contributed by atoms with Gasteiger partial charge >= 0.3 is 17.9 Å². The van der Waals surface area contributed by atoms with Gasteiger partial charge in [0.1, 0.15) is 18.9 Å². The van der Waals surface area contributed by atoms with Crippen LogP contribution in [0, 0.1) is 11.3 Å². The summed E-state index contributed by atoms with van der Waals surface area (Å²) in [5.41, 5.74) is -0.727. The van der Waals surface area contributed by atoms with Crippen molar-refractivity contribution in [3.8, 4) is 0 Å². The monoisotopic (exact) mass is 447 g/mol. The molecule has 0 heterocycles. The largest absolute Gasteiger partial charge is 0.465 e. The van der Waals surface area contributed by atoms with Crippen LogP contribution in [0.25, 0.3) is 0 Å². The number of rotatable bonds is 11. The average Bonchev–Trinajstić information content (AvgIpc) is 3.11. The average molecular weight is 447 g/mol. The minimum absolute atomic E-state index is 0.0347. The van der Waals surface area contributed by atoms with E-state index >= 15 is 0 Å². The van der Waals surface area contributed by atoms with Crippen molar-refractivity contribution >= 4 is 29.9 Å². The number of ketones is 1. The highest BCUT2D eigenvalue weighted by atomic mass is 16.6. The third kappa shape index (κ3) is 6.63. The van der Waals surface area contributed by atoms with Crippen molar-refractivity contribution in [2.24, 2.45) is 16.5 Å². The van der Waals surface area contributed by atoms with Crippen LogP contribution < -0.4 is 0 Å². The summed E-state index contributed by atoms with van der Waals surface area (Å²) < 4.78 is 15.6. The molecule has 32 heavy (non-hydrogen) atoms. The van der Waals surface area contributed by atoms with E-state index in [0.29, 0.717) is 0 Å². The lowest BCUT2D eigenvalue weighted by atomic mass is 9.84. The van der Waals surface area contributed by atoms with Gasteiger partial charge in [-0.05, 0) is 25.8 Å². The van der Waals surface area contributed by atoms with Crippen molar-refractivity contribution in [2.45, 2.75) is 52.7 Å². The Labute approximate surface area is 187 Å². The summed E-state index contributed by atoms with van der Waals surface area (Å²) in [4.78, 5) is 54.6. The van der Waals surface area contributed by atoms with Gasteiger partial charge in [0.2, 0.25) is 0 Å². The Balaban J connectivity index is 2.09. The van der Waals surface area contributed by atoms with E-state index in [1.807, 2.05) is 30.3 Å². The third-order valence-electron chi connectivity index (χ3n) is 5.14. The number of carbonyl (C=O) groups is 4. The standard InChI is InChI=1S/C23H29NO8/c1-4-29-21(27)23(22(28)30-5-2)12-18(20(13-23)32-16(3)25)11-19(26)14-24-31-15-17-9-7-6-8-10-17/h6-10,14,18,20H,4-5,11-13,15H2,1-3H3/b24-14+/t18-,20-/m0/s1. The third-order valence-corrected chi connectivity index (χ3v) is 5.14. The molecular formula is C23H29NO8. The van der Waals surface area contributed by atoms with Crippen LogP contribution in [0.4, 0.5) is 0 Å². The second-order valence-corrected chi connectivity index (χ2v) is 7.50. The molecule has 0 unspecified atom stereocenters. The maximum absolute atomic E-state index is 12.7. The molecule has 9 heteroatoms. The lowest BCUT2D eigenvalue weighted by molar-refractivity contribution is -0.173. The first-order valence-electron chi connectivity index (χ1n) is 10.6. The van der Waals surface area contributed by atoms with E-state index in [-0.39, 0.29) is 44.9 Å². The number of ether oxygens (including phenoxy) is 3. The minimum Gasteiger partial charge on any atom is -0.465 e. The molecule has 174 valence electrons. The van der Waals surface area contributed by atoms with Crippen LogP contribution in [0.5, 0.6) is 0 Å². The first kappa shape index (κ1) is 25.0. The van der Waals surface area contributed by atoms with E-state index < -0.39 is 35.3 Å². The lowest BCUT2D eigenvalue weighted by Gasteiger charge is -2.24. The molecule has 0 saturated heterocycles. The molecular weight excluding hydrogens is 418 g/mol. The number of nitrogens with zero attached hydrogens (tertiary/aromatic N) is 1. The SMILES string of the molecule is CCOC(=O)C1(C(=O)OCC)C[C@H](CC(=O)/C=N/OCc2ccccc2)[C@@H](OC(C)=O)C1. The van der Waals surface area contributed by atoms with E-state index in [0.717, 1.165) is 11.8 Å². The molecule has 2 atom stereocenters. The van der Waals surface area contributed by atoms with Gasteiger partial charge in [0.25, 0.3) is 0 Å². The van der Waals surface area contributed by atoms with Gasteiger partial charge in [-0.25, -0.2) is 0 Å². The van der Waals surface area contributed by atoms with Crippen LogP contribution in [0.3, 0.4) is 0 Å². The maximum atomic E-state index is 12.7. The van der Waals surface area contributed by atoms with Gasteiger partial charge < -0.3 is 19.0 Å². The number of hydrogen-bond donors (Lipinski definition) is 0. The molecule has 1 aromatic carbocycles. The predicted molar refractivity (Wildman–Crippen MR) is 113 cm³/mol. The van der Waals surface area contributed by atoms with E-state index in [4.69, 9.17) is 19.0 Å². The Hall–Kier alpha value is -3.23. The number of esters is 3. The molecule has 0 radical (unpaired) electrons. The molecule has 1 aliphatic carbocycles. The van der Waals surface area contributed by atoms with Gasteiger partial charge in [0.05, 0.1) is 13.2 Å². The maximum Gasteiger partial charge on any atom is 0.323 e. The summed E-state index contributed by atoms with van der Waals surface area (Å²) in [6.45, 7) is 4.84. The molecule has 1 aliphatic rings. The zero-order valence-corrected chi connectivity index (χ0v) is 18.6. The van der Waals surface area contributed by atoms with Gasteiger partial charge in [-0.1, -0.05) is 35.5 Å². The van der Waals surface area contributed by atoms with Crippen molar-refractivity contribution in [3.05, 3.63) is 35.9 Å². The summed E-state index contributed by atoms with van der Waals surface area (Å²) >= 11 is 0. The van der Waals surface area contributed by atoms with Crippen molar-refractivity contribution in [1.29, 1.82) is 0 Å². The van der Waals surface area contributed by atoms with Crippen LogP contribution in [0.1, 0.15) is 45.6 Å². The summed E-state index contributed by atoms with van der Waals surface area (Å²) in [7, 11) is 0. The first-order chi connectivity index (χ1) is 15.3. The number of Topliss-reactive ketones (excluding diaryl/α,β-unsaturated/α-hetero) is 1. The molecule has 0 bridgehead atoms. The summed E-state index contributed by atoms with van der Waals surface area (Å²) in [5.74, 6) is -3.03. The quantitative estimate of drug-likeness (QED) is 0.167. The first-order valence-corrected chi connectivity index (χ1v) is 10.6. The van der Waals surface area contributed by atoms with E-state index in [1.54, 1.807) is 13.8 Å². The fourth-order valence-electron chi connectivity index (χ4n) is 3.78. The fourth-order valence-corrected chi connectivity index (χ4v) is 3.78. The van der Waals surface area contributed by atoms with E-state index in [1.165, 1.54) is 6.92 Å². The predicted octanol–water partition coefficient (Wildman–Crippen LogP) is 2.60. The molecule has 0 aliphatic heterocycles. The number of carbonyl (C=O) groups excluding carboxylic acids is 4. The Morgan fingerprint density at radius 1 is 1.03 bits per heavy atom. The number of oxime groups is 1. The summed E-state index contributed by atoms with van der Waals surface area (Å²) in [6.07, 6.45) is -0.000250. The van der Waals surface area contributed by atoms with Crippen molar-refractivity contribution in [3.63, 3.8) is 0 Å². The molecule has 0 aromatic heterocycles. The summed E-state index contributed by atoms with van der Waals surface area (Å²) in [6, 6.07) is 9.34. The van der Waals surface area contributed by atoms with Gasteiger partial charge in [-0.3, -0.25) is 19.2 Å². The smallest absolute Gasteiger partial charge is 0.323 e. The lowest BCUT2D eigenvalue weighted by Crippen LogP contribution is -2.40. The zero-order chi connectivity index (χ0) is 23.6. The van der Waals surface area contributed by atoms with Gasteiger partial charge in [-0.2, -0.15) is 0 Å². The number of benzene rings is 1. The highest BCUT2D eigenvalue weighted by Crippen LogP contribution is 2.47. The Morgan fingerprint density at radius 2 is 1.66 bits per heavy atom. The van der Waals surface area contributed by atoms with Crippen LogP contribution in [-0.4, -0.2) is 49.2 Å². The number of hydrogen-bond acceptors (Lipinski definition) is 9. The topological polar surface area (TPSA) is 118 Å². The minimum atomic E-state index is -1.63. The van der Waals surface area contributed by atoms with Crippen molar-refractivity contribution < 1.29 is 38.2 Å². The molecule has 0 amide bonds. The highest BCUT2D eigenvalue weighted by molar-refractivity contribution is 6.27. The Bertz CT molecular complexity index is 818. The fraction of sp³-hybridized carbons (Fsp3) is 0.522. The zero-order valence-electron chi connectivity index (χ0n) is 18.6. The summed E-state index contributed by atoms with van der Waals surface area (Å²) in [5, 5.41) is 3.69. The Morgan fingerprint density at radius 3 is 2.22 bits per heavy atom. The van der Waals surface area contributed by atoms with Crippen molar-refractivity contribution in [2.75, 3.05) is 13.2 Å². The van der Waals surface area contributed by atoms with Crippen LogP contribution in [-0.2, 0) is 44.8 Å². The van der Waals surface area contributed by atoms with E-state index in [9.17, 15) is 19.2 Å². The molecule has 2 rings (SSSR count). The highest BCUT2D eigenvalue weighted by Gasteiger charge is 2.58. The Kier molecular flexibility index (Phi) is 9.37. The molecule has 0 N–H and O–H groups in total. The van der Waals surface area contributed by atoms with Gasteiger partial charge in [0.15, 0.2) is 11.2 Å². The molecule has 1 aromatic rings. The molecule has 1 saturated carbocycles. The van der Waals surface area contributed by atoms with Gasteiger partial charge in [0, 0.05) is 25.7 Å². The molecule has 1 fully saturated rings. The van der Waals surface area contributed by atoms with Crippen molar-refractivity contribution in [1.82, 2.24) is 0 Å².